The van der Waals surface area contributed by atoms with Crippen molar-refractivity contribution in [2.24, 2.45) is 13.0 Å². The lowest BCUT2D eigenvalue weighted by molar-refractivity contribution is 0.119. The van der Waals surface area contributed by atoms with Gasteiger partial charge in [0, 0.05) is 50.4 Å². The number of nitrogens with one attached hydrogen (secondary N) is 1. The molecule has 0 bridgehead atoms. The Kier molecular flexibility index (Phi) is 5.66. The van der Waals surface area contributed by atoms with Gasteiger partial charge in [0.25, 0.3) is 10.0 Å². The number of aromatic nitrogens is 2. The van der Waals surface area contributed by atoms with Crippen LogP contribution in [0.15, 0.2) is 41.8 Å². The van der Waals surface area contributed by atoms with Gasteiger partial charge in [-0.05, 0) is 50.4 Å². The number of fused-ring (bicyclic) bond motifs is 1. The van der Waals surface area contributed by atoms with E-state index in [1.807, 2.05) is 0 Å². The molecular formula is C23H33N5O2S. The number of piperidine rings is 1. The Morgan fingerprint density at radius 2 is 1.94 bits per heavy atom. The van der Waals surface area contributed by atoms with Crippen molar-refractivity contribution >= 4 is 10.0 Å². The minimum atomic E-state index is -3.59. The van der Waals surface area contributed by atoms with E-state index in [2.05, 4.69) is 46.5 Å². The Hall–Kier alpha value is -1.74. The molecule has 3 aliphatic rings. The van der Waals surface area contributed by atoms with Gasteiger partial charge < -0.3 is 14.8 Å². The predicted octanol–water partition coefficient (Wildman–Crippen LogP) is 2.17. The van der Waals surface area contributed by atoms with E-state index in [-0.39, 0.29) is 17.0 Å². The summed E-state index contributed by atoms with van der Waals surface area (Å²) in [5.74, 6) is 0.275. The highest BCUT2D eigenvalue weighted by atomic mass is 32.2. The monoisotopic (exact) mass is 443 g/mol. The van der Waals surface area contributed by atoms with Crippen LogP contribution in [0.25, 0.3) is 0 Å². The molecule has 4 unspecified atom stereocenters. The normalized spacial score (nSPS) is 30.0. The molecule has 1 aromatic heterocycles. The maximum absolute atomic E-state index is 13.3. The van der Waals surface area contributed by atoms with Crippen LogP contribution in [0.3, 0.4) is 0 Å². The number of hydrogen-bond donors (Lipinski definition) is 1. The Labute approximate surface area is 185 Å². The van der Waals surface area contributed by atoms with Crippen molar-refractivity contribution < 1.29 is 8.42 Å². The first-order valence-electron chi connectivity index (χ1n) is 11.5. The molecule has 5 rings (SSSR count). The Bertz CT molecular complexity index is 1040. The minimum Gasteiger partial charge on any atom is -0.339 e. The van der Waals surface area contributed by atoms with Crippen LogP contribution < -0.4 is 5.32 Å². The van der Waals surface area contributed by atoms with E-state index in [1.54, 1.807) is 28.4 Å². The number of sulfonamides is 1. The summed E-state index contributed by atoms with van der Waals surface area (Å²) >= 11 is 0. The van der Waals surface area contributed by atoms with Gasteiger partial charge in [0.1, 0.15) is 0 Å². The standard InChI is InChI=1S/C23H33N5O2S/c1-26-15-23(24-16-26)31(29,30)28-13-19(22-9-5-6-12-27(22)2)21(14-28)25-20-11-10-17-7-3-4-8-18(17)20/h3-4,7-8,15-16,19-22,25H,5-6,9-14H2,1-2H3. The first-order valence-corrected chi connectivity index (χ1v) is 12.9. The molecule has 7 nitrogen and oxygen atoms in total. The van der Waals surface area contributed by atoms with Gasteiger partial charge in [0.15, 0.2) is 5.03 Å². The first kappa shape index (κ1) is 21.1. The van der Waals surface area contributed by atoms with Gasteiger partial charge in [-0.25, -0.2) is 13.4 Å². The van der Waals surface area contributed by atoms with Gasteiger partial charge in [-0.3, -0.25) is 0 Å². The van der Waals surface area contributed by atoms with Crippen LogP contribution in [0.5, 0.6) is 0 Å². The van der Waals surface area contributed by atoms with Crippen LogP contribution in [0.1, 0.15) is 42.9 Å². The van der Waals surface area contributed by atoms with Gasteiger partial charge >= 0.3 is 0 Å². The number of nitrogens with zero attached hydrogens (tertiary/aromatic N) is 4. The third-order valence-electron chi connectivity index (χ3n) is 7.49. The molecule has 8 heteroatoms. The van der Waals surface area contributed by atoms with E-state index in [0.717, 1.165) is 25.8 Å². The number of likely N-dealkylation sites (tertiary alicyclic amines) is 1. The number of imidazole rings is 1. The highest BCUT2D eigenvalue weighted by Gasteiger charge is 2.45. The molecule has 2 aromatic rings. The fraction of sp³-hybridized carbons (Fsp3) is 0.609. The van der Waals surface area contributed by atoms with Gasteiger partial charge in [0.05, 0.1) is 6.33 Å². The molecule has 1 N–H and O–H groups in total. The molecule has 0 amide bonds. The third-order valence-corrected chi connectivity index (χ3v) is 9.20. The highest BCUT2D eigenvalue weighted by Crippen LogP contribution is 2.36. The van der Waals surface area contributed by atoms with Crippen molar-refractivity contribution in [1.29, 1.82) is 0 Å². The second-order valence-corrected chi connectivity index (χ2v) is 11.4. The lowest BCUT2D eigenvalue weighted by Crippen LogP contribution is -2.49. The van der Waals surface area contributed by atoms with E-state index in [0.29, 0.717) is 25.2 Å². The van der Waals surface area contributed by atoms with Crippen LogP contribution >= 0.6 is 0 Å². The number of rotatable bonds is 5. The van der Waals surface area contributed by atoms with E-state index in [4.69, 9.17) is 0 Å². The SMILES string of the molecule is CN1CCCCC1C1CN(S(=O)(=O)c2cn(C)cn2)CC1NC1CCc2ccccc21. The van der Waals surface area contributed by atoms with Crippen molar-refractivity contribution in [2.75, 3.05) is 26.7 Å². The molecule has 3 heterocycles. The number of hydrogen-bond acceptors (Lipinski definition) is 5. The van der Waals surface area contributed by atoms with Crippen LogP contribution in [-0.4, -0.2) is 65.9 Å². The highest BCUT2D eigenvalue weighted by molar-refractivity contribution is 7.89. The molecule has 1 aromatic carbocycles. The average molecular weight is 444 g/mol. The summed E-state index contributed by atoms with van der Waals surface area (Å²) in [6.07, 6.45) is 8.91. The van der Waals surface area contributed by atoms with Gasteiger partial charge in [-0.2, -0.15) is 4.31 Å². The van der Waals surface area contributed by atoms with E-state index >= 15 is 0 Å². The van der Waals surface area contributed by atoms with Crippen molar-refractivity contribution in [2.45, 2.75) is 55.3 Å². The minimum absolute atomic E-state index is 0.139. The zero-order valence-corrected chi connectivity index (χ0v) is 19.3. The molecule has 0 saturated carbocycles. The van der Waals surface area contributed by atoms with E-state index < -0.39 is 10.0 Å². The smallest absolute Gasteiger partial charge is 0.262 e. The molecule has 4 atom stereocenters. The largest absolute Gasteiger partial charge is 0.339 e. The second kappa shape index (κ2) is 8.31. The lowest BCUT2D eigenvalue weighted by Gasteiger charge is -2.39. The quantitative estimate of drug-likeness (QED) is 0.767. The fourth-order valence-corrected chi connectivity index (χ4v) is 7.31. The maximum atomic E-state index is 13.3. The van der Waals surface area contributed by atoms with Crippen LogP contribution in [0, 0.1) is 5.92 Å². The van der Waals surface area contributed by atoms with Crippen molar-refractivity contribution in [3.8, 4) is 0 Å². The van der Waals surface area contributed by atoms with Gasteiger partial charge in [0.2, 0.25) is 0 Å². The molecule has 2 saturated heterocycles. The topological polar surface area (TPSA) is 70.5 Å². The molecule has 1 aliphatic carbocycles. The van der Waals surface area contributed by atoms with Crippen LogP contribution in [0.4, 0.5) is 0 Å². The summed E-state index contributed by atoms with van der Waals surface area (Å²) in [5, 5.41) is 4.05. The van der Waals surface area contributed by atoms with Crippen molar-refractivity contribution in [1.82, 2.24) is 24.1 Å². The van der Waals surface area contributed by atoms with E-state index in [9.17, 15) is 8.42 Å². The Balaban J connectivity index is 1.41. The first-order chi connectivity index (χ1) is 14.9. The molecule has 2 aliphatic heterocycles. The summed E-state index contributed by atoms with van der Waals surface area (Å²) in [6, 6.07) is 9.51. The molecule has 168 valence electrons. The lowest BCUT2D eigenvalue weighted by atomic mass is 9.87. The van der Waals surface area contributed by atoms with Crippen LogP contribution in [0.2, 0.25) is 0 Å². The maximum Gasteiger partial charge on any atom is 0.262 e. The molecular weight excluding hydrogens is 410 g/mol. The Morgan fingerprint density at radius 1 is 1.10 bits per heavy atom. The van der Waals surface area contributed by atoms with Crippen LogP contribution in [-0.2, 0) is 23.5 Å². The van der Waals surface area contributed by atoms with Crippen molar-refractivity contribution in [3.05, 3.63) is 47.9 Å². The Morgan fingerprint density at radius 3 is 2.71 bits per heavy atom. The van der Waals surface area contributed by atoms with Gasteiger partial charge in [-0.1, -0.05) is 30.7 Å². The summed E-state index contributed by atoms with van der Waals surface area (Å²) < 4.78 is 30.1. The van der Waals surface area contributed by atoms with E-state index in [1.165, 1.54) is 24.0 Å². The zero-order chi connectivity index (χ0) is 21.6. The third kappa shape index (κ3) is 3.95. The number of aryl methyl sites for hydroxylation is 2. The second-order valence-electron chi connectivity index (χ2n) is 9.47. The van der Waals surface area contributed by atoms with Gasteiger partial charge in [-0.15, -0.1) is 0 Å². The molecule has 0 radical (unpaired) electrons. The molecule has 0 spiro atoms. The number of benzene rings is 1. The summed E-state index contributed by atoms with van der Waals surface area (Å²) in [5.41, 5.74) is 2.80. The summed E-state index contributed by atoms with van der Waals surface area (Å²) in [7, 11) is 0.408. The average Bonchev–Trinajstić information content (AvgIpc) is 3.48. The fourth-order valence-electron chi connectivity index (χ4n) is 5.84. The summed E-state index contributed by atoms with van der Waals surface area (Å²) in [4.78, 5) is 6.59. The molecule has 31 heavy (non-hydrogen) atoms. The summed E-state index contributed by atoms with van der Waals surface area (Å²) in [6.45, 7) is 2.15. The van der Waals surface area contributed by atoms with Crippen molar-refractivity contribution in [3.63, 3.8) is 0 Å². The predicted molar refractivity (Wildman–Crippen MR) is 120 cm³/mol. The zero-order valence-electron chi connectivity index (χ0n) is 18.4. The molecule has 2 fully saturated rings.